The van der Waals surface area contributed by atoms with Crippen molar-refractivity contribution in [3.63, 3.8) is 0 Å². The molecular formula is C22H28N6O3S. The van der Waals surface area contributed by atoms with Crippen molar-refractivity contribution in [1.29, 1.82) is 0 Å². The summed E-state index contributed by atoms with van der Waals surface area (Å²) in [6.45, 7) is 8.86. The van der Waals surface area contributed by atoms with E-state index in [2.05, 4.69) is 39.8 Å². The van der Waals surface area contributed by atoms with Crippen LogP contribution in [0.2, 0.25) is 0 Å². The van der Waals surface area contributed by atoms with Gasteiger partial charge in [0.1, 0.15) is 5.76 Å². The zero-order valence-electron chi connectivity index (χ0n) is 18.5. The molecule has 0 atom stereocenters. The van der Waals surface area contributed by atoms with Crippen molar-refractivity contribution in [3.05, 3.63) is 58.3 Å². The van der Waals surface area contributed by atoms with Crippen molar-refractivity contribution < 1.29 is 14.0 Å². The number of rotatable bonds is 9. The number of nitrogens with one attached hydrogen (secondary N) is 3. The molecule has 1 aromatic carbocycles. The van der Waals surface area contributed by atoms with Gasteiger partial charge in [-0.3, -0.25) is 35.0 Å². The number of furan rings is 1. The first kappa shape index (κ1) is 23.4. The number of H-pyrrole nitrogens is 1. The van der Waals surface area contributed by atoms with Gasteiger partial charge in [0.05, 0.1) is 6.54 Å². The molecule has 0 unspecified atom stereocenters. The molecule has 10 heteroatoms. The first-order valence-electron chi connectivity index (χ1n) is 10.5. The number of nitrogens with zero attached hydrogens (tertiary/aromatic N) is 3. The Labute approximate surface area is 191 Å². The molecular weight excluding hydrogens is 428 g/mol. The SMILES string of the molecule is CCN(CC)Cc1ccc(C(=O)NNC(=O)CCn2c(-c3ccc(C)cc3)n[nH]c2=S)o1. The molecule has 0 aliphatic carbocycles. The van der Waals surface area contributed by atoms with Gasteiger partial charge in [0.15, 0.2) is 16.4 Å². The number of carbonyl (C=O) groups is 2. The minimum Gasteiger partial charge on any atom is -0.454 e. The van der Waals surface area contributed by atoms with Crippen molar-refractivity contribution in [2.75, 3.05) is 13.1 Å². The Morgan fingerprint density at radius 1 is 1.12 bits per heavy atom. The third-order valence-electron chi connectivity index (χ3n) is 5.11. The monoisotopic (exact) mass is 456 g/mol. The van der Waals surface area contributed by atoms with Gasteiger partial charge < -0.3 is 4.42 Å². The largest absolute Gasteiger partial charge is 0.454 e. The van der Waals surface area contributed by atoms with Crippen LogP contribution < -0.4 is 10.9 Å². The second-order valence-corrected chi connectivity index (χ2v) is 7.74. The lowest BCUT2D eigenvalue weighted by molar-refractivity contribution is -0.122. The number of amides is 2. The molecule has 0 fully saturated rings. The summed E-state index contributed by atoms with van der Waals surface area (Å²) in [5.41, 5.74) is 6.84. The molecule has 0 bridgehead atoms. The van der Waals surface area contributed by atoms with Gasteiger partial charge in [-0.2, -0.15) is 5.10 Å². The molecule has 0 aliphatic rings. The maximum absolute atomic E-state index is 12.3. The predicted molar refractivity (Wildman–Crippen MR) is 123 cm³/mol. The quantitative estimate of drug-likeness (QED) is 0.337. The minimum atomic E-state index is -0.510. The predicted octanol–water partition coefficient (Wildman–Crippen LogP) is 3.20. The number of hydrogen-bond acceptors (Lipinski definition) is 6. The lowest BCUT2D eigenvalue weighted by atomic mass is 10.1. The van der Waals surface area contributed by atoms with Crippen molar-refractivity contribution in [3.8, 4) is 11.4 Å². The van der Waals surface area contributed by atoms with Crippen LogP contribution in [0.25, 0.3) is 11.4 Å². The van der Waals surface area contributed by atoms with Crippen LogP contribution in [0.3, 0.4) is 0 Å². The van der Waals surface area contributed by atoms with Crippen LogP contribution in [0, 0.1) is 11.7 Å². The van der Waals surface area contributed by atoms with Gasteiger partial charge in [-0.15, -0.1) is 0 Å². The summed E-state index contributed by atoms with van der Waals surface area (Å²) in [6.07, 6.45) is 0.109. The Morgan fingerprint density at radius 2 is 1.84 bits per heavy atom. The molecule has 0 aliphatic heterocycles. The molecule has 3 N–H and O–H groups in total. The van der Waals surface area contributed by atoms with Crippen LogP contribution in [0.1, 0.15) is 42.1 Å². The summed E-state index contributed by atoms with van der Waals surface area (Å²) >= 11 is 5.30. The topological polar surface area (TPSA) is 108 Å². The molecule has 2 aromatic heterocycles. The molecule has 0 saturated carbocycles. The summed E-state index contributed by atoms with van der Waals surface area (Å²) in [5, 5.41) is 7.04. The number of aromatic nitrogens is 3. The average molecular weight is 457 g/mol. The molecule has 0 saturated heterocycles. The fourth-order valence-electron chi connectivity index (χ4n) is 3.16. The smallest absolute Gasteiger partial charge is 0.305 e. The van der Waals surface area contributed by atoms with E-state index in [1.165, 1.54) is 0 Å². The van der Waals surface area contributed by atoms with E-state index in [9.17, 15) is 9.59 Å². The van der Waals surface area contributed by atoms with Crippen molar-refractivity contribution >= 4 is 24.0 Å². The molecule has 3 rings (SSSR count). The Balaban J connectivity index is 1.52. The number of aromatic amines is 1. The van der Waals surface area contributed by atoms with Gasteiger partial charge >= 0.3 is 5.91 Å². The van der Waals surface area contributed by atoms with Crippen LogP contribution >= 0.6 is 12.2 Å². The first-order valence-corrected chi connectivity index (χ1v) is 10.9. The highest BCUT2D eigenvalue weighted by atomic mass is 32.1. The van der Waals surface area contributed by atoms with Crippen LogP contribution in [0.4, 0.5) is 0 Å². The Morgan fingerprint density at radius 3 is 2.53 bits per heavy atom. The highest BCUT2D eigenvalue weighted by Gasteiger charge is 2.14. The number of hydrazine groups is 1. The maximum Gasteiger partial charge on any atom is 0.305 e. The lowest BCUT2D eigenvalue weighted by Gasteiger charge is -2.15. The molecule has 2 amide bonds. The highest BCUT2D eigenvalue weighted by molar-refractivity contribution is 7.71. The Hall–Kier alpha value is -3.24. The summed E-state index contributed by atoms with van der Waals surface area (Å²) in [5.74, 6) is 0.633. The van der Waals surface area contributed by atoms with E-state index in [0.717, 1.165) is 24.2 Å². The van der Waals surface area contributed by atoms with E-state index in [1.807, 2.05) is 31.2 Å². The maximum atomic E-state index is 12.3. The lowest BCUT2D eigenvalue weighted by Crippen LogP contribution is -2.41. The molecule has 3 aromatic rings. The summed E-state index contributed by atoms with van der Waals surface area (Å²) < 4.78 is 7.77. The minimum absolute atomic E-state index is 0.109. The van der Waals surface area contributed by atoms with Gasteiger partial charge in [-0.05, 0) is 44.4 Å². The van der Waals surface area contributed by atoms with Gasteiger partial charge in [-0.1, -0.05) is 43.7 Å². The second kappa shape index (κ2) is 10.9. The van der Waals surface area contributed by atoms with Gasteiger partial charge in [0.2, 0.25) is 5.91 Å². The third kappa shape index (κ3) is 5.92. The molecule has 2 heterocycles. The molecule has 32 heavy (non-hydrogen) atoms. The van der Waals surface area contributed by atoms with Crippen molar-refractivity contribution in [1.82, 2.24) is 30.5 Å². The summed E-state index contributed by atoms with van der Waals surface area (Å²) in [4.78, 5) is 26.7. The fourth-order valence-corrected chi connectivity index (χ4v) is 3.39. The van der Waals surface area contributed by atoms with Gasteiger partial charge in [-0.25, -0.2) is 0 Å². The zero-order valence-corrected chi connectivity index (χ0v) is 19.3. The van der Waals surface area contributed by atoms with Crippen LogP contribution in [-0.2, 0) is 17.9 Å². The van der Waals surface area contributed by atoms with E-state index in [4.69, 9.17) is 16.6 Å². The van der Waals surface area contributed by atoms with E-state index in [0.29, 0.717) is 29.4 Å². The standard InChI is InChI=1S/C22H28N6O3S/c1-4-27(5-2)14-17-10-11-18(31-17)21(30)25-23-19(29)12-13-28-20(24-26-22(28)32)16-8-6-15(3)7-9-16/h6-11H,4-5,12-14H2,1-3H3,(H,23,29)(H,25,30)(H,26,32). The van der Waals surface area contributed by atoms with Crippen molar-refractivity contribution in [2.24, 2.45) is 0 Å². The third-order valence-corrected chi connectivity index (χ3v) is 5.42. The van der Waals surface area contributed by atoms with E-state index >= 15 is 0 Å². The van der Waals surface area contributed by atoms with E-state index in [1.54, 1.807) is 16.7 Å². The zero-order chi connectivity index (χ0) is 23.1. The number of aryl methyl sites for hydroxylation is 1. The Bertz CT molecular complexity index is 1110. The Kier molecular flexibility index (Phi) is 7.96. The van der Waals surface area contributed by atoms with Crippen LogP contribution in [0.5, 0.6) is 0 Å². The van der Waals surface area contributed by atoms with Crippen molar-refractivity contribution in [2.45, 2.75) is 40.3 Å². The molecule has 170 valence electrons. The first-order chi connectivity index (χ1) is 15.4. The molecule has 9 nitrogen and oxygen atoms in total. The highest BCUT2D eigenvalue weighted by Crippen LogP contribution is 2.18. The average Bonchev–Trinajstić information content (AvgIpc) is 3.41. The number of carbonyl (C=O) groups excluding carboxylic acids is 2. The van der Waals surface area contributed by atoms with Gasteiger partial charge in [0, 0.05) is 18.5 Å². The van der Waals surface area contributed by atoms with Gasteiger partial charge in [0.25, 0.3) is 0 Å². The molecule has 0 radical (unpaired) electrons. The van der Waals surface area contributed by atoms with E-state index < -0.39 is 5.91 Å². The van der Waals surface area contributed by atoms with E-state index in [-0.39, 0.29) is 18.1 Å². The van der Waals surface area contributed by atoms with Crippen LogP contribution in [-0.4, -0.2) is 44.6 Å². The molecule has 0 spiro atoms. The fraction of sp³-hybridized carbons (Fsp3) is 0.364. The number of hydrogen-bond donors (Lipinski definition) is 3. The number of benzene rings is 1. The summed E-state index contributed by atoms with van der Waals surface area (Å²) in [6, 6.07) is 11.2. The van der Waals surface area contributed by atoms with Crippen LogP contribution in [0.15, 0.2) is 40.8 Å². The normalized spacial score (nSPS) is 11.0. The second-order valence-electron chi connectivity index (χ2n) is 7.35. The summed E-state index contributed by atoms with van der Waals surface area (Å²) in [7, 11) is 0.